The highest BCUT2D eigenvalue weighted by Gasteiger charge is 2.15. The average molecular weight is 267 g/mol. The predicted octanol–water partition coefficient (Wildman–Crippen LogP) is 2.93. The Morgan fingerprint density at radius 2 is 2.05 bits per heavy atom. The van der Waals surface area contributed by atoms with Crippen LogP contribution < -0.4 is 10.2 Å². The number of aromatic nitrogens is 3. The zero-order chi connectivity index (χ0) is 13.9. The molecule has 5 nitrogen and oxygen atoms in total. The number of rotatable bonds is 4. The summed E-state index contributed by atoms with van der Waals surface area (Å²) in [6.45, 7) is 2.94. The summed E-state index contributed by atoms with van der Waals surface area (Å²) in [4.78, 5) is 11.2. The van der Waals surface area contributed by atoms with Gasteiger partial charge in [-0.1, -0.05) is 18.2 Å². The molecule has 0 aliphatic rings. The Hall–Kier alpha value is -2.56. The van der Waals surface area contributed by atoms with E-state index in [-0.39, 0.29) is 0 Å². The lowest BCUT2D eigenvalue weighted by atomic mass is 10.3. The lowest BCUT2D eigenvalue weighted by Gasteiger charge is -2.23. The van der Waals surface area contributed by atoms with Crippen molar-refractivity contribution in [3.63, 3.8) is 0 Å². The number of benzene rings is 1. The summed E-state index contributed by atoms with van der Waals surface area (Å²) in [5.74, 6) is 1.68. The highest BCUT2D eigenvalue weighted by molar-refractivity contribution is 5.73. The number of hydrogen-bond acceptors (Lipinski definition) is 4. The summed E-state index contributed by atoms with van der Waals surface area (Å²) < 4.78 is 1.99. The fourth-order valence-corrected chi connectivity index (χ4v) is 2.28. The minimum Gasteiger partial charge on any atom is -0.372 e. The van der Waals surface area contributed by atoms with Gasteiger partial charge in [-0.2, -0.15) is 0 Å². The first-order valence-electron chi connectivity index (χ1n) is 6.67. The summed E-state index contributed by atoms with van der Waals surface area (Å²) in [6.07, 6.45) is 5.66. The maximum absolute atomic E-state index is 4.67. The van der Waals surface area contributed by atoms with E-state index in [1.807, 2.05) is 42.0 Å². The molecule has 0 radical (unpaired) electrons. The molecule has 1 aromatic carbocycles. The third kappa shape index (κ3) is 2.07. The van der Waals surface area contributed by atoms with Gasteiger partial charge in [0.2, 0.25) is 0 Å². The Bertz CT molecular complexity index is 705. The lowest BCUT2D eigenvalue weighted by Crippen LogP contribution is -2.19. The smallest absolute Gasteiger partial charge is 0.180 e. The second-order valence-corrected chi connectivity index (χ2v) is 4.44. The fraction of sp³-hybridized carbons (Fsp3) is 0.200. The fourth-order valence-electron chi connectivity index (χ4n) is 2.28. The molecule has 0 spiro atoms. The first-order chi connectivity index (χ1) is 9.83. The van der Waals surface area contributed by atoms with Gasteiger partial charge < -0.3 is 14.6 Å². The minimum atomic E-state index is 0.819. The molecule has 102 valence electrons. The number of hydrogen-bond donors (Lipinski definition) is 1. The monoisotopic (exact) mass is 267 g/mol. The average Bonchev–Trinajstić information content (AvgIpc) is 2.97. The maximum atomic E-state index is 4.67. The molecule has 0 saturated carbocycles. The molecule has 2 heterocycles. The largest absolute Gasteiger partial charge is 0.372 e. The van der Waals surface area contributed by atoms with Crippen LogP contribution >= 0.6 is 0 Å². The van der Waals surface area contributed by atoms with E-state index in [2.05, 4.69) is 39.2 Å². The van der Waals surface area contributed by atoms with Crippen molar-refractivity contribution in [2.45, 2.75) is 6.92 Å². The van der Waals surface area contributed by atoms with Crippen LogP contribution in [0, 0.1) is 0 Å². The quantitative estimate of drug-likeness (QED) is 0.789. The van der Waals surface area contributed by atoms with Crippen LogP contribution in [0.2, 0.25) is 0 Å². The zero-order valence-corrected chi connectivity index (χ0v) is 11.6. The molecule has 20 heavy (non-hydrogen) atoms. The van der Waals surface area contributed by atoms with Crippen molar-refractivity contribution < 1.29 is 0 Å². The Morgan fingerprint density at radius 1 is 1.25 bits per heavy atom. The van der Waals surface area contributed by atoms with E-state index in [4.69, 9.17) is 0 Å². The molecule has 3 rings (SSSR count). The van der Waals surface area contributed by atoms with Crippen molar-refractivity contribution >= 4 is 23.0 Å². The number of imidazole rings is 1. The normalized spacial score (nSPS) is 10.7. The predicted molar refractivity (Wildman–Crippen MR) is 81.7 cm³/mol. The molecule has 2 aromatic heterocycles. The van der Waals surface area contributed by atoms with E-state index in [1.54, 1.807) is 6.20 Å². The van der Waals surface area contributed by atoms with Crippen LogP contribution in [0.3, 0.4) is 0 Å². The van der Waals surface area contributed by atoms with E-state index in [9.17, 15) is 0 Å². The van der Waals surface area contributed by atoms with Crippen molar-refractivity contribution in [2.24, 2.45) is 0 Å². The number of anilines is 3. The SMILES string of the molecule is CCN(c1ccccc1)c1nc(NC)cn2ccnc12. The molecule has 3 aromatic rings. The summed E-state index contributed by atoms with van der Waals surface area (Å²) >= 11 is 0. The van der Waals surface area contributed by atoms with Gasteiger partial charge in [-0.25, -0.2) is 9.97 Å². The molecular weight excluding hydrogens is 250 g/mol. The first kappa shape index (κ1) is 12.5. The summed E-state index contributed by atoms with van der Waals surface area (Å²) in [6, 6.07) is 10.2. The third-order valence-corrected chi connectivity index (χ3v) is 3.25. The summed E-state index contributed by atoms with van der Waals surface area (Å²) in [5, 5.41) is 3.09. The second-order valence-electron chi connectivity index (χ2n) is 4.44. The minimum absolute atomic E-state index is 0.819. The Morgan fingerprint density at radius 3 is 2.75 bits per heavy atom. The summed E-state index contributed by atoms with van der Waals surface area (Å²) in [5.41, 5.74) is 1.97. The van der Waals surface area contributed by atoms with E-state index >= 15 is 0 Å². The third-order valence-electron chi connectivity index (χ3n) is 3.25. The van der Waals surface area contributed by atoms with Gasteiger partial charge in [0.25, 0.3) is 0 Å². The zero-order valence-electron chi connectivity index (χ0n) is 11.6. The number of fused-ring (bicyclic) bond motifs is 1. The van der Waals surface area contributed by atoms with E-state index < -0.39 is 0 Å². The van der Waals surface area contributed by atoms with Crippen LogP contribution in [0.4, 0.5) is 17.3 Å². The molecule has 0 saturated heterocycles. The van der Waals surface area contributed by atoms with Crippen molar-refractivity contribution in [1.82, 2.24) is 14.4 Å². The van der Waals surface area contributed by atoms with E-state index in [0.717, 1.165) is 29.5 Å². The molecule has 0 unspecified atom stereocenters. The highest BCUT2D eigenvalue weighted by atomic mass is 15.2. The molecule has 0 aliphatic heterocycles. The van der Waals surface area contributed by atoms with Gasteiger partial charge in [-0.3, -0.25) is 0 Å². The standard InChI is InChI=1S/C15H17N5/c1-3-20(12-7-5-4-6-8-12)15-14-17-9-10-19(14)11-13(16-2)18-15/h4-11,16H,3H2,1-2H3. The molecule has 5 heteroatoms. The van der Waals surface area contributed by atoms with Crippen LogP contribution in [0.5, 0.6) is 0 Å². The van der Waals surface area contributed by atoms with Gasteiger partial charge in [0.1, 0.15) is 5.82 Å². The summed E-state index contributed by atoms with van der Waals surface area (Å²) in [7, 11) is 1.87. The lowest BCUT2D eigenvalue weighted by molar-refractivity contribution is 0.975. The van der Waals surface area contributed by atoms with Crippen LogP contribution in [0.1, 0.15) is 6.92 Å². The Balaban J connectivity index is 2.18. The molecule has 1 N–H and O–H groups in total. The van der Waals surface area contributed by atoms with Gasteiger partial charge in [0.15, 0.2) is 11.5 Å². The number of nitrogens with one attached hydrogen (secondary N) is 1. The van der Waals surface area contributed by atoms with Crippen molar-refractivity contribution in [1.29, 1.82) is 0 Å². The van der Waals surface area contributed by atoms with Gasteiger partial charge in [0.05, 0.1) is 6.20 Å². The molecular formula is C15H17N5. The second kappa shape index (κ2) is 5.21. The molecule has 0 atom stereocenters. The molecule has 0 fully saturated rings. The van der Waals surface area contributed by atoms with Gasteiger partial charge in [-0.05, 0) is 19.1 Å². The first-order valence-corrected chi connectivity index (χ1v) is 6.67. The van der Waals surface area contributed by atoms with Gasteiger partial charge in [-0.15, -0.1) is 0 Å². The van der Waals surface area contributed by atoms with Crippen LogP contribution in [-0.2, 0) is 0 Å². The van der Waals surface area contributed by atoms with Crippen LogP contribution in [-0.4, -0.2) is 28.0 Å². The number of nitrogens with zero attached hydrogens (tertiary/aromatic N) is 4. The molecule has 0 bridgehead atoms. The maximum Gasteiger partial charge on any atom is 0.180 e. The van der Waals surface area contributed by atoms with Gasteiger partial charge in [0, 0.05) is 31.7 Å². The molecule has 0 aliphatic carbocycles. The topological polar surface area (TPSA) is 45.5 Å². The van der Waals surface area contributed by atoms with Crippen LogP contribution in [0.25, 0.3) is 5.65 Å². The van der Waals surface area contributed by atoms with E-state index in [1.165, 1.54) is 0 Å². The Kier molecular flexibility index (Phi) is 3.25. The highest BCUT2D eigenvalue weighted by Crippen LogP contribution is 2.27. The van der Waals surface area contributed by atoms with E-state index in [0.29, 0.717) is 0 Å². The van der Waals surface area contributed by atoms with Crippen molar-refractivity contribution in [2.75, 3.05) is 23.8 Å². The number of para-hydroxylation sites is 1. The van der Waals surface area contributed by atoms with Crippen molar-refractivity contribution in [3.8, 4) is 0 Å². The van der Waals surface area contributed by atoms with Crippen molar-refractivity contribution in [3.05, 3.63) is 48.9 Å². The van der Waals surface area contributed by atoms with Crippen LogP contribution in [0.15, 0.2) is 48.9 Å². The Labute approximate surface area is 117 Å². The molecule has 0 amide bonds. The van der Waals surface area contributed by atoms with Gasteiger partial charge >= 0.3 is 0 Å².